The van der Waals surface area contributed by atoms with Crippen molar-refractivity contribution in [1.29, 1.82) is 0 Å². The largest absolute Gasteiger partial charge is 0.378 e. The molecule has 0 aliphatic carbocycles. The molecule has 0 bridgehead atoms. The summed E-state index contributed by atoms with van der Waals surface area (Å²) >= 11 is 0. The monoisotopic (exact) mass is 413 g/mol. The number of carbonyl (C=O) groups is 1. The Balaban J connectivity index is 1.42. The van der Waals surface area contributed by atoms with Gasteiger partial charge in [-0.3, -0.25) is 0 Å². The number of amides is 2. The van der Waals surface area contributed by atoms with Crippen molar-refractivity contribution in [3.63, 3.8) is 0 Å². The van der Waals surface area contributed by atoms with Gasteiger partial charge in [0.15, 0.2) is 5.82 Å². The van der Waals surface area contributed by atoms with Gasteiger partial charge in [-0.25, -0.2) is 9.78 Å². The summed E-state index contributed by atoms with van der Waals surface area (Å²) in [6.45, 7) is 7.98. The summed E-state index contributed by atoms with van der Waals surface area (Å²) in [6.07, 6.45) is 5.19. The summed E-state index contributed by atoms with van der Waals surface area (Å²) in [7, 11) is 0. The highest BCUT2D eigenvalue weighted by atomic mass is 16.5. The van der Waals surface area contributed by atoms with Gasteiger partial charge in [0, 0.05) is 26.1 Å². The van der Waals surface area contributed by atoms with Crippen LogP contribution in [0.1, 0.15) is 56.0 Å². The average molecular weight is 414 g/mol. The number of urea groups is 1. The SMILES string of the molecule is CCC(NC(=O)Nc1ccc(N2CCOCC2)nc1C)c1nnc2n1CCCCC2. The molecule has 0 saturated carbocycles. The predicted molar refractivity (Wildman–Crippen MR) is 115 cm³/mol. The van der Waals surface area contributed by atoms with Gasteiger partial charge in [0.05, 0.1) is 30.6 Å². The van der Waals surface area contributed by atoms with E-state index < -0.39 is 0 Å². The number of hydrogen-bond acceptors (Lipinski definition) is 6. The number of nitrogens with one attached hydrogen (secondary N) is 2. The second-order valence-electron chi connectivity index (χ2n) is 7.90. The number of carbonyl (C=O) groups excluding carboxylic acids is 1. The van der Waals surface area contributed by atoms with Crippen molar-refractivity contribution in [2.45, 2.75) is 58.5 Å². The van der Waals surface area contributed by atoms with E-state index in [0.29, 0.717) is 18.9 Å². The van der Waals surface area contributed by atoms with E-state index in [-0.39, 0.29) is 12.1 Å². The third kappa shape index (κ3) is 4.56. The molecule has 2 aromatic rings. The van der Waals surface area contributed by atoms with Crippen LogP contribution in [0, 0.1) is 6.92 Å². The molecule has 4 rings (SSSR count). The van der Waals surface area contributed by atoms with Crippen LogP contribution in [0.15, 0.2) is 12.1 Å². The highest BCUT2D eigenvalue weighted by Gasteiger charge is 2.23. The van der Waals surface area contributed by atoms with Gasteiger partial charge < -0.3 is 24.8 Å². The van der Waals surface area contributed by atoms with Crippen LogP contribution in [-0.4, -0.2) is 52.1 Å². The van der Waals surface area contributed by atoms with E-state index in [9.17, 15) is 4.79 Å². The summed E-state index contributed by atoms with van der Waals surface area (Å²) < 4.78 is 7.59. The number of aromatic nitrogens is 4. The van der Waals surface area contributed by atoms with Crippen molar-refractivity contribution in [3.05, 3.63) is 29.5 Å². The first kappa shape index (κ1) is 20.6. The molecule has 2 aliphatic rings. The fourth-order valence-corrected chi connectivity index (χ4v) is 4.08. The average Bonchev–Trinajstić information content (AvgIpc) is 3.01. The lowest BCUT2D eigenvalue weighted by Gasteiger charge is -2.28. The Morgan fingerprint density at radius 3 is 2.77 bits per heavy atom. The second-order valence-corrected chi connectivity index (χ2v) is 7.90. The molecule has 4 heterocycles. The van der Waals surface area contributed by atoms with Crippen LogP contribution >= 0.6 is 0 Å². The van der Waals surface area contributed by atoms with E-state index in [1.807, 2.05) is 26.0 Å². The third-order valence-corrected chi connectivity index (χ3v) is 5.82. The lowest BCUT2D eigenvalue weighted by molar-refractivity contribution is 0.122. The maximum absolute atomic E-state index is 12.7. The summed E-state index contributed by atoms with van der Waals surface area (Å²) in [5.41, 5.74) is 1.50. The molecule has 9 nitrogen and oxygen atoms in total. The first-order valence-electron chi connectivity index (χ1n) is 11.0. The van der Waals surface area contributed by atoms with Gasteiger partial charge >= 0.3 is 6.03 Å². The Labute approximate surface area is 177 Å². The fraction of sp³-hybridized carbons (Fsp3) is 0.619. The Hall–Kier alpha value is -2.68. The molecule has 30 heavy (non-hydrogen) atoms. The zero-order chi connectivity index (χ0) is 20.9. The first-order valence-corrected chi connectivity index (χ1v) is 11.0. The van der Waals surface area contributed by atoms with Gasteiger partial charge in [0.1, 0.15) is 11.6 Å². The standard InChI is InChI=1S/C21H31N7O2/c1-3-16(20-26-25-19-7-5-4-6-10-28(19)20)23-21(29)24-17-8-9-18(22-15(17)2)27-11-13-30-14-12-27/h8-9,16H,3-7,10-14H2,1-2H3,(H2,23,24,29). The van der Waals surface area contributed by atoms with Crippen molar-refractivity contribution in [2.75, 3.05) is 36.5 Å². The fourth-order valence-electron chi connectivity index (χ4n) is 4.08. The molecule has 0 radical (unpaired) electrons. The number of hydrogen-bond donors (Lipinski definition) is 2. The first-order chi connectivity index (χ1) is 14.7. The van der Waals surface area contributed by atoms with Gasteiger partial charge in [-0.05, 0) is 38.3 Å². The maximum Gasteiger partial charge on any atom is 0.319 e. The molecule has 162 valence electrons. The molecule has 1 saturated heterocycles. The normalized spacial score (nSPS) is 17.7. The minimum atomic E-state index is -0.253. The number of aryl methyl sites for hydroxylation is 2. The van der Waals surface area contributed by atoms with E-state index in [0.717, 1.165) is 68.5 Å². The molecule has 0 spiro atoms. The number of ether oxygens (including phenoxy) is 1. The minimum absolute atomic E-state index is 0.176. The van der Waals surface area contributed by atoms with Crippen LogP contribution in [-0.2, 0) is 17.7 Å². The minimum Gasteiger partial charge on any atom is -0.378 e. The molecule has 9 heteroatoms. The van der Waals surface area contributed by atoms with Crippen molar-refractivity contribution in [1.82, 2.24) is 25.1 Å². The van der Waals surface area contributed by atoms with E-state index in [1.165, 1.54) is 6.42 Å². The number of nitrogens with zero attached hydrogens (tertiary/aromatic N) is 5. The maximum atomic E-state index is 12.7. The van der Waals surface area contributed by atoms with Crippen molar-refractivity contribution >= 4 is 17.5 Å². The Bertz CT molecular complexity index is 876. The Kier molecular flexibility index (Phi) is 6.47. The second kappa shape index (κ2) is 9.42. The zero-order valence-electron chi connectivity index (χ0n) is 17.9. The number of pyridine rings is 1. The van der Waals surface area contributed by atoms with E-state index in [1.54, 1.807) is 0 Å². The van der Waals surface area contributed by atoms with Crippen LogP contribution in [0.25, 0.3) is 0 Å². The molecule has 0 aromatic carbocycles. The van der Waals surface area contributed by atoms with E-state index in [2.05, 4.69) is 35.3 Å². The van der Waals surface area contributed by atoms with Crippen LogP contribution in [0.4, 0.5) is 16.3 Å². The Morgan fingerprint density at radius 1 is 1.17 bits per heavy atom. The topological polar surface area (TPSA) is 97.2 Å². The lowest BCUT2D eigenvalue weighted by Crippen LogP contribution is -2.37. The van der Waals surface area contributed by atoms with Crippen molar-refractivity contribution in [2.24, 2.45) is 0 Å². The van der Waals surface area contributed by atoms with Crippen LogP contribution in [0.5, 0.6) is 0 Å². The van der Waals surface area contributed by atoms with Gasteiger partial charge in [-0.1, -0.05) is 13.3 Å². The molecule has 2 aliphatic heterocycles. The number of anilines is 2. The number of morpholine rings is 1. The highest BCUT2D eigenvalue weighted by molar-refractivity contribution is 5.90. The van der Waals surface area contributed by atoms with E-state index in [4.69, 9.17) is 4.74 Å². The van der Waals surface area contributed by atoms with Gasteiger partial charge in [-0.15, -0.1) is 10.2 Å². The van der Waals surface area contributed by atoms with Gasteiger partial charge in [0.25, 0.3) is 0 Å². The van der Waals surface area contributed by atoms with Crippen LogP contribution in [0.3, 0.4) is 0 Å². The number of rotatable bonds is 5. The predicted octanol–water partition coefficient (Wildman–Crippen LogP) is 2.82. The van der Waals surface area contributed by atoms with Crippen molar-refractivity contribution < 1.29 is 9.53 Å². The summed E-state index contributed by atoms with van der Waals surface area (Å²) in [5.74, 6) is 2.79. The van der Waals surface area contributed by atoms with Crippen molar-refractivity contribution in [3.8, 4) is 0 Å². The molecule has 1 atom stereocenters. The molecular formula is C21H31N7O2. The van der Waals surface area contributed by atoms with E-state index >= 15 is 0 Å². The summed E-state index contributed by atoms with van der Waals surface area (Å²) in [5, 5.41) is 14.8. The third-order valence-electron chi connectivity index (χ3n) is 5.82. The van der Waals surface area contributed by atoms with Gasteiger partial charge in [-0.2, -0.15) is 0 Å². The summed E-state index contributed by atoms with van der Waals surface area (Å²) in [6, 6.07) is 3.43. The highest BCUT2D eigenvalue weighted by Crippen LogP contribution is 2.22. The molecular weight excluding hydrogens is 382 g/mol. The summed E-state index contributed by atoms with van der Waals surface area (Å²) in [4.78, 5) is 19.6. The zero-order valence-corrected chi connectivity index (χ0v) is 17.9. The van der Waals surface area contributed by atoms with Crippen LogP contribution < -0.4 is 15.5 Å². The lowest BCUT2D eigenvalue weighted by atomic mass is 10.2. The van der Waals surface area contributed by atoms with Crippen LogP contribution in [0.2, 0.25) is 0 Å². The smallest absolute Gasteiger partial charge is 0.319 e. The molecule has 1 unspecified atom stereocenters. The molecule has 2 amide bonds. The quantitative estimate of drug-likeness (QED) is 0.782. The number of fused-ring (bicyclic) bond motifs is 1. The molecule has 1 fully saturated rings. The van der Waals surface area contributed by atoms with Gasteiger partial charge in [0.2, 0.25) is 0 Å². The Morgan fingerprint density at radius 2 is 2.00 bits per heavy atom. The molecule has 2 aromatic heterocycles. The molecule has 2 N–H and O–H groups in total.